The summed E-state index contributed by atoms with van der Waals surface area (Å²) in [5.74, 6) is 0. The Bertz CT molecular complexity index is 125. The van der Waals surface area contributed by atoms with Crippen molar-refractivity contribution in [1.82, 2.24) is 5.32 Å². The minimum atomic E-state index is -0.734. The van der Waals surface area contributed by atoms with E-state index in [2.05, 4.69) is 19.2 Å². The molecular weight excluding hydrogens is 150 g/mol. The lowest BCUT2D eigenvalue weighted by molar-refractivity contribution is 0.207. The van der Waals surface area contributed by atoms with Crippen molar-refractivity contribution in [3.63, 3.8) is 0 Å². The molecule has 2 atom stereocenters. The molecular formula is C7H14ClNO. The molecule has 1 aliphatic rings. The maximum absolute atomic E-state index is 8.99. The zero-order valence-electron chi connectivity index (χ0n) is 6.39. The van der Waals surface area contributed by atoms with Crippen molar-refractivity contribution in [3.05, 3.63) is 0 Å². The van der Waals surface area contributed by atoms with Crippen molar-refractivity contribution in [2.75, 3.05) is 6.54 Å². The average Bonchev–Trinajstić information content (AvgIpc) is 2.10. The topological polar surface area (TPSA) is 32.3 Å². The summed E-state index contributed by atoms with van der Waals surface area (Å²) >= 11 is 5.50. The van der Waals surface area contributed by atoms with Crippen molar-refractivity contribution in [1.29, 1.82) is 0 Å². The molecule has 0 aromatic carbocycles. The van der Waals surface area contributed by atoms with E-state index in [1.54, 1.807) is 0 Å². The lowest BCUT2D eigenvalue weighted by Crippen LogP contribution is -2.30. The molecule has 0 amide bonds. The van der Waals surface area contributed by atoms with Gasteiger partial charge in [-0.3, -0.25) is 0 Å². The van der Waals surface area contributed by atoms with Crippen LogP contribution in [0.1, 0.15) is 20.3 Å². The first-order chi connectivity index (χ1) is 4.51. The third kappa shape index (κ3) is 1.84. The minimum Gasteiger partial charge on any atom is -0.376 e. The number of rotatable bonds is 1. The molecule has 0 aromatic heterocycles. The molecule has 1 unspecified atom stereocenters. The highest BCUT2D eigenvalue weighted by Gasteiger charge is 2.33. The van der Waals surface area contributed by atoms with E-state index in [1.165, 1.54) is 0 Å². The Morgan fingerprint density at radius 3 is 2.50 bits per heavy atom. The van der Waals surface area contributed by atoms with Gasteiger partial charge in [0.05, 0.1) is 0 Å². The van der Waals surface area contributed by atoms with Crippen molar-refractivity contribution in [3.8, 4) is 0 Å². The molecule has 0 saturated carbocycles. The fraction of sp³-hybridized carbons (Fsp3) is 1.00. The Balaban J connectivity index is 2.43. The molecule has 1 aliphatic heterocycles. The molecule has 60 valence electrons. The Morgan fingerprint density at radius 1 is 1.70 bits per heavy atom. The SMILES string of the molecule is CC1(C)CN[C@@H](C(O)Cl)C1. The first-order valence-electron chi connectivity index (χ1n) is 3.57. The molecule has 1 saturated heterocycles. The number of hydrogen-bond acceptors (Lipinski definition) is 2. The standard InChI is InChI=1S/C7H14ClNO/c1-7(2)3-5(6(8)10)9-4-7/h5-6,9-10H,3-4H2,1-2H3/t5-,6?/m1/s1. The summed E-state index contributed by atoms with van der Waals surface area (Å²) in [7, 11) is 0. The molecule has 10 heavy (non-hydrogen) atoms. The van der Waals surface area contributed by atoms with Gasteiger partial charge in [-0.25, -0.2) is 0 Å². The van der Waals surface area contributed by atoms with Crippen LogP contribution in [0.15, 0.2) is 0 Å². The number of halogens is 1. The summed E-state index contributed by atoms with van der Waals surface area (Å²) in [5.41, 5.74) is -0.442. The van der Waals surface area contributed by atoms with Crippen LogP contribution >= 0.6 is 11.6 Å². The Kier molecular flexibility index (Phi) is 2.23. The molecule has 0 bridgehead atoms. The van der Waals surface area contributed by atoms with Crippen LogP contribution in [0.4, 0.5) is 0 Å². The van der Waals surface area contributed by atoms with Crippen molar-refractivity contribution >= 4 is 11.6 Å². The van der Waals surface area contributed by atoms with Crippen LogP contribution in [0.2, 0.25) is 0 Å². The quantitative estimate of drug-likeness (QED) is 0.564. The van der Waals surface area contributed by atoms with E-state index in [1.807, 2.05) is 0 Å². The van der Waals surface area contributed by atoms with Gasteiger partial charge in [-0.2, -0.15) is 0 Å². The van der Waals surface area contributed by atoms with Crippen LogP contribution in [0, 0.1) is 5.41 Å². The average molecular weight is 164 g/mol. The highest BCUT2D eigenvalue weighted by molar-refractivity contribution is 6.19. The van der Waals surface area contributed by atoms with Gasteiger partial charge in [-0.1, -0.05) is 25.4 Å². The molecule has 0 aliphatic carbocycles. The molecule has 3 heteroatoms. The van der Waals surface area contributed by atoms with Crippen LogP contribution in [0.25, 0.3) is 0 Å². The van der Waals surface area contributed by atoms with Crippen LogP contribution in [-0.2, 0) is 0 Å². The number of aliphatic hydroxyl groups excluding tert-OH is 1. The van der Waals surface area contributed by atoms with Crippen molar-refractivity contribution in [2.45, 2.75) is 31.9 Å². The second kappa shape index (κ2) is 2.68. The van der Waals surface area contributed by atoms with E-state index in [4.69, 9.17) is 16.7 Å². The predicted molar refractivity (Wildman–Crippen MR) is 42.0 cm³/mol. The fourth-order valence-corrected chi connectivity index (χ4v) is 1.52. The number of aliphatic hydroxyl groups is 1. The van der Waals surface area contributed by atoms with Gasteiger partial charge in [0.2, 0.25) is 0 Å². The van der Waals surface area contributed by atoms with E-state index < -0.39 is 5.56 Å². The first-order valence-corrected chi connectivity index (χ1v) is 4.00. The molecule has 1 heterocycles. The molecule has 0 aromatic rings. The van der Waals surface area contributed by atoms with Crippen LogP contribution < -0.4 is 5.32 Å². The second-order valence-corrected chi connectivity index (χ2v) is 4.18. The van der Waals surface area contributed by atoms with Gasteiger partial charge >= 0.3 is 0 Å². The summed E-state index contributed by atoms with van der Waals surface area (Å²) in [6, 6.07) is 0.0802. The monoisotopic (exact) mass is 163 g/mol. The summed E-state index contributed by atoms with van der Waals surface area (Å²) in [6.45, 7) is 5.28. The molecule has 1 fully saturated rings. The van der Waals surface area contributed by atoms with E-state index in [0.29, 0.717) is 5.41 Å². The minimum absolute atomic E-state index is 0.0802. The van der Waals surface area contributed by atoms with Gasteiger partial charge in [0, 0.05) is 12.6 Å². The Morgan fingerprint density at radius 2 is 2.30 bits per heavy atom. The lowest BCUT2D eigenvalue weighted by atomic mass is 9.91. The van der Waals surface area contributed by atoms with E-state index in [0.717, 1.165) is 13.0 Å². The van der Waals surface area contributed by atoms with Gasteiger partial charge in [0.1, 0.15) is 5.56 Å². The zero-order valence-corrected chi connectivity index (χ0v) is 7.15. The molecule has 0 radical (unpaired) electrons. The van der Waals surface area contributed by atoms with Gasteiger partial charge in [0.25, 0.3) is 0 Å². The Labute approximate surface area is 66.6 Å². The summed E-state index contributed by atoms with van der Waals surface area (Å²) in [6.07, 6.45) is 0.956. The van der Waals surface area contributed by atoms with Crippen LogP contribution in [0.3, 0.4) is 0 Å². The number of hydrogen-bond donors (Lipinski definition) is 2. The van der Waals surface area contributed by atoms with Crippen LogP contribution in [0.5, 0.6) is 0 Å². The fourth-order valence-electron chi connectivity index (χ4n) is 1.34. The predicted octanol–water partition coefficient (Wildman–Crippen LogP) is 0.932. The number of nitrogens with one attached hydrogen (secondary N) is 1. The third-order valence-electron chi connectivity index (χ3n) is 1.95. The smallest absolute Gasteiger partial charge is 0.143 e. The van der Waals surface area contributed by atoms with Crippen LogP contribution in [-0.4, -0.2) is 23.3 Å². The second-order valence-electron chi connectivity index (χ2n) is 3.73. The van der Waals surface area contributed by atoms with Crippen molar-refractivity contribution < 1.29 is 5.11 Å². The molecule has 0 spiro atoms. The summed E-state index contributed by atoms with van der Waals surface area (Å²) in [5, 5.41) is 12.2. The largest absolute Gasteiger partial charge is 0.376 e. The maximum Gasteiger partial charge on any atom is 0.143 e. The van der Waals surface area contributed by atoms with E-state index in [9.17, 15) is 0 Å². The molecule has 2 N–H and O–H groups in total. The molecule has 2 nitrogen and oxygen atoms in total. The zero-order chi connectivity index (χ0) is 7.78. The van der Waals surface area contributed by atoms with Gasteiger partial charge in [-0.05, 0) is 11.8 Å². The molecule has 1 rings (SSSR count). The highest BCUT2D eigenvalue weighted by Crippen LogP contribution is 2.29. The highest BCUT2D eigenvalue weighted by atomic mass is 35.5. The van der Waals surface area contributed by atoms with Gasteiger partial charge < -0.3 is 10.4 Å². The third-order valence-corrected chi connectivity index (χ3v) is 2.25. The summed E-state index contributed by atoms with van der Waals surface area (Å²) < 4.78 is 0. The first kappa shape index (κ1) is 8.31. The number of alkyl halides is 1. The summed E-state index contributed by atoms with van der Waals surface area (Å²) in [4.78, 5) is 0. The normalized spacial score (nSPS) is 34.2. The van der Waals surface area contributed by atoms with E-state index >= 15 is 0 Å². The van der Waals surface area contributed by atoms with Gasteiger partial charge in [-0.15, -0.1) is 0 Å². The van der Waals surface area contributed by atoms with E-state index in [-0.39, 0.29) is 6.04 Å². The Hall–Kier alpha value is 0.210. The maximum atomic E-state index is 8.99. The van der Waals surface area contributed by atoms with Gasteiger partial charge in [0.15, 0.2) is 0 Å². The lowest BCUT2D eigenvalue weighted by Gasteiger charge is -2.15. The van der Waals surface area contributed by atoms with Crippen molar-refractivity contribution in [2.24, 2.45) is 5.41 Å².